The Morgan fingerprint density at radius 1 is 1.19 bits per heavy atom. The maximum atomic E-state index is 12.4. The topological polar surface area (TPSA) is 82.5 Å². The van der Waals surface area contributed by atoms with Gasteiger partial charge in [0, 0.05) is 36.4 Å². The summed E-state index contributed by atoms with van der Waals surface area (Å²) in [5.74, 6) is -0.767. The lowest BCUT2D eigenvalue weighted by Crippen LogP contribution is -2.39. The molecule has 0 aliphatic carbocycles. The van der Waals surface area contributed by atoms with E-state index in [1.165, 1.54) is 12.1 Å². The third-order valence-corrected chi connectivity index (χ3v) is 5.14. The SMILES string of the molecule is O=C(NCC(=O)N1C[C@@H](Cc2ccncc2)[C@@H](O)C1)c1cc(Cl)ccc1Cl. The zero-order valence-electron chi connectivity index (χ0n) is 14.4. The molecule has 3 rings (SSSR count). The fourth-order valence-corrected chi connectivity index (χ4v) is 3.49. The van der Waals surface area contributed by atoms with Crippen LogP contribution >= 0.6 is 23.2 Å². The molecule has 1 fully saturated rings. The summed E-state index contributed by atoms with van der Waals surface area (Å²) in [5, 5.41) is 13.5. The van der Waals surface area contributed by atoms with E-state index in [1.54, 1.807) is 23.4 Å². The molecule has 2 atom stereocenters. The Bertz CT molecular complexity index is 832. The number of rotatable bonds is 5. The number of carbonyl (C=O) groups is 2. The van der Waals surface area contributed by atoms with Gasteiger partial charge >= 0.3 is 0 Å². The molecule has 2 aromatic rings. The van der Waals surface area contributed by atoms with Gasteiger partial charge in [0.05, 0.1) is 23.2 Å². The summed E-state index contributed by atoms with van der Waals surface area (Å²) in [7, 11) is 0. The minimum Gasteiger partial charge on any atom is -0.391 e. The van der Waals surface area contributed by atoms with Crippen molar-refractivity contribution in [2.24, 2.45) is 5.92 Å². The minimum absolute atomic E-state index is 0.0468. The lowest BCUT2D eigenvalue weighted by Gasteiger charge is -2.17. The Labute approximate surface area is 167 Å². The quantitative estimate of drug-likeness (QED) is 0.795. The zero-order valence-corrected chi connectivity index (χ0v) is 16.0. The van der Waals surface area contributed by atoms with Gasteiger partial charge in [0.15, 0.2) is 0 Å². The molecular formula is C19H19Cl2N3O3. The maximum Gasteiger partial charge on any atom is 0.253 e. The van der Waals surface area contributed by atoms with Crippen molar-refractivity contribution in [3.63, 3.8) is 0 Å². The summed E-state index contributed by atoms with van der Waals surface area (Å²) in [4.78, 5) is 30.2. The third-order valence-electron chi connectivity index (χ3n) is 4.58. The van der Waals surface area contributed by atoms with E-state index in [0.29, 0.717) is 18.0 Å². The van der Waals surface area contributed by atoms with Crippen molar-refractivity contribution in [2.75, 3.05) is 19.6 Å². The summed E-state index contributed by atoms with van der Waals surface area (Å²) in [6, 6.07) is 8.36. The first-order chi connectivity index (χ1) is 12.9. The van der Waals surface area contributed by atoms with Gasteiger partial charge in [-0.05, 0) is 42.3 Å². The van der Waals surface area contributed by atoms with Gasteiger partial charge in [0.1, 0.15) is 0 Å². The molecule has 1 aliphatic rings. The molecule has 0 saturated carbocycles. The van der Waals surface area contributed by atoms with Crippen molar-refractivity contribution >= 4 is 35.0 Å². The fraction of sp³-hybridized carbons (Fsp3) is 0.316. The lowest BCUT2D eigenvalue weighted by atomic mass is 9.97. The van der Waals surface area contributed by atoms with E-state index in [0.717, 1.165) is 5.56 Å². The summed E-state index contributed by atoms with van der Waals surface area (Å²) < 4.78 is 0. The number of hydrogen-bond acceptors (Lipinski definition) is 4. The van der Waals surface area contributed by atoms with Crippen LogP contribution in [0.15, 0.2) is 42.7 Å². The summed E-state index contributed by atoms with van der Waals surface area (Å²) in [5.41, 5.74) is 1.28. The van der Waals surface area contributed by atoms with E-state index in [4.69, 9.17) is 23.2 Å². The second-order valence-electron chi connectivity index (χ2n) is 6.49. The van der Waals surface area contributed by atoms with E-state index >= 15 is 0 Å². The van der Waals surface area contributed by atoms with E-state index in [-0.39, 0.29) is 35.5 Å². The normalized spacial score (nSPS) is 19.1. The molecule has 6 nitrogen and oxygen atoms in total. The van der Waals surface area contributed by atoms with Crippen LogP contribution in [-0.2, 0) is 11.2 Å². The lowest BCUT2D eigenvalue weighted by molar-refractivity contribution is -0.129. The molecule has 1 aromatic heterocycles. The Hall–Kier alpha value is -2.15. The predicted molar refractivity (Wildman–Crippen MR) is 103 cm³/mol. The van der Waals surface area contributed by atoms with Crippen LogP contribution in [0.1, 0.15) is 15.9 Å². The number of aromatic nitrogens is 1. The number of pyridine rings is 1. The number of aliphatic hydroxyl groups excluding tert-OH is 1. The van der Waals surface area contributed by atoms with Gasteiger partial charge in [-0.25, -0.2) is 0 Å². The standard InChI is InChI=1S/C19H19Cl2N3O3/c20-14-1-2-16(21)15(8-14)19(27)23-9-18(26)24-10-13(17(25)11-24)7-12-3-5-22-6-4-12/h1-6,8,13,17,25H,7,9-11H2,(H,23,27)/t13-,17+/m1/s1. The van der Waals surface area contributed by atoms with Crippen molar-refractivity contribution in [3.8, 4) is 0 Å². The first-order valence-electron chi connectivity index (χ1n) is 8.52. The van der Waals surface area contributed by atoms with Crippen LogP contribution in [0.3, 0.4) is 0 Å². The largest absolute Gasteiger partial charge is 0.391 e. The number of β-amino-alcohol motifs (C(OH)–C–C–N with tert-alkyl or cyclic N) is 1. The molecule has 2 N–H and O–H groups in total. The van der Waals surface area contributed by atoms with Crippen LogP contribution < -0.4 is 5.32 Å². The van der Waals surface area contributed by atoms with Crippen molar-refractivity contribution in [1.82, 2.24) is 15.2 Å². The highest BCUT2D eigenvalue weighted by Crippen LogP contribution is 2.22. The zero-order chi connectivity index (χ0) is 19.4. The molecular weight excluding hydrogens is 389 g/mol. The molecule has 8 heteroatoms. The molecule has 2 heterocycles. The first kappa shape index (κ1) is 19.6. The molecule has 1 aliphatic heterocycles. The maximum absolute atomic E-state index is 12.4. The van der Waals surface area contributed by atoms with Gasteiger partial charge in [0.2, 0.25) is 5.91 Å². The fourth-order valence-electron chi connectivity index (χ4n) is 3.11. The highest BCUT2D eigenvalue weighted by molar-refractivity contribution is 6.35. The van der Waals surface area contributed by atoms with Crippen molar-refractivity contribution in [1.29, 1.82) is 0 Å². The molecule has 0 spiro atoms. The van der Waals surface area contributed by atoms with Crippen molar-refractivity contribution < 1.29 is 14.7 Å². The second-order valence-corrected chi connectivity index (χ2v) is 7.34. The van der Waals surface area contributed by atoms with Crippen LogP contribution in [0.2, 0.25) is 10.0 Å². The Morgan fingerprint density at radius 3 is 2.67 bits per heavy atom. The van der Waals surface area contributed by atoms with Crippen molar-refractivity contribution in [3.05, 3.63) is 63.9 Å². The van der Waals surface area contributed by atoms with Gasteiger partial charge in [-0.15, -0.1) is 0 Å². The average molecular weight is 408 g/mol. The monoisotopic (exact) mass is 407 g/mol. The molecule has 1 saturated heterocycles. The molecule has 0 radical (unpaired) electrons. The number of amides is 2. The predicted octanol–water partition coefficient (Wildman–Crippen LogP) is 2.18. The highest BCUT2D eigenvalue weighted by Gasteiger charge is 2.33. The van der Waals surface area contributed by atoms with Gasteiger partial charge < -0.3 is 15.3 Å². The van der Waals surface area contributed by atoms with E-state index < -0.39 is 12.0 Å². The first-order valence-corrected chi connectivity index (χ1v) is 9.27. The second kappa shape index (κ2) is 8.69. The van der Waals surface area contributed by atoms with Crippen LogP contribution in [-0.4, -0.2) is 52.5 Å². The smallest absolute Gasteiger partial charge is 0.253 e. The summed E-state index contributed by atoms with van der Waals surface area (Å²) in [6.45, 7) is 0.523. The van der Waals surface area contributed by atoms with Crippen LogP contribution in [0.4, 0.5) is 0 Å². The van der Waals surface area contributed by atoms with Crippen LogP contribution in [0, 0.1) is 5.92 Å². The average Bonchev–Trinajstić information content (AvgIpc) is 3.03. The Balaban J connectivity index is 1.54. The van der Waals surface area contributed by atoms with Gasteiger partial charge in [-0.2, -0.15) is 0 Å². The van der Waals surface area contributed by atoms with Crippen LogP contribution in [0.25, 0.3) is 0 Å². The van der Waals surface area contributed by atoms with Crippen molar-refractivity contribution in [2.45, 2.75) is 12.5 Å². The number of carbonyl (C=O) groups excluding carboxylic acids is 2. The Kier molecular flexibility index (Phi) is 6.31. The van der Waals surface area contributed by atoms with Gasteiger partial charge in [-0.3, -0.25) is 14.6 Å². The third kappa shape index (κ3) is 4.97. The number of hydrogen-bond donors (Lipinski definition) is 2. The van der Waals surface area contributed by atoms with E-state index in [1.807, 2.05) is 12.1 Å². The van der Waals surface area contributed by atoms with Gasteiger partial charge in [0.25, 0.3) is 5.91 Å². The number of nitrogens with one attached hydrogen (secondary N) is 1. The number of aliphatic hydroxyl groups is 1. The molecule has 0 unspecified atom stereocenters. The number of benzene rings is 1. The van der Waals surface area contributed by atoms with E-state index in [2.05, 4.69) is 10.3 Å². The number of nitrogens with zero attached hydrogens (tertiary/aromatic N) is 2. The Morgan fingerprint density at radius 2 is 1.93 bits per heavy atom. The number of likely N-dealkylation sites (tertiary alicyclic amines) is 1. The highest BCUT2D eigenvalue weighted by atomic mass is 35.5. The summed E-state index contributed by atoms with van der Waals surface area (Å²) >= 11 is 11.9. The summed E-state index contributed by atoms with van der Waals surface area (Å²) in [6.07, 6.45) is 3.48. The molecule has 2 amide bonds. The minimum atomic E-state index is -0.597. The van der Waals surface area contributed by atoms with Crippen LogP contribution in [0.5, 0.6) is 0 Å². The van der Waals surface area contributed by atoms with E-state index in [9.17, 15) is 14.7 Å². The molecule has 1 aromatic carbocycles. The van der Waals surface area contributed by atoms with Gasteiger partial charge in [-0.1, -0.05) is 23.2 Å². The molecule has 0 bridgehead atoms. The number of halogens is 2. The molecule has 27 heavy (non-hydrogen) atoms. The molecule has 142 valence electrons.